The zero-order chi connectivity index (χ0) is 55.5. The summed E-state index contributed by atoms with van der Waals surface area (Å²) in [4.78, 5) is 32.4. The Labute approximate surface area is 462 Å². The second-order valence-electron chi connectivity index (χ2n) is 25.5. The molecule has 4 aromatic rings. The van der Waals surface area contributed by atoms with Crippen molar-refractivity contribution < 1.29 is 25.2 Å². The topological polar surface area (TPSA) is 189 Å². The molecule has 2 fully saturated rings. The van der Waals surface area contributed by atoms with E-state index in [0.717, 1.165) is 113 Å². The van der Waals surface area contributed by atoms with Gasteiger partial charge in [0, 0.05) is 94.9 Å². The molecule has 2 aromatic carbocycles. The molecule has 0 bridgehead atoms. The lowest BCUT2D eigenvalue weighted by Gasteiger charge is -2.42. The summed E-state index contributed by atoms with van der Waals surface area (Å²) in [5.41, 5.74) is 23.4. The first-order valence-electron chi connectivity index (χ1n) is 29.5. The van der Waals surface area contributed by atoms with E-state index < -0.39 is 6.04 Å². The molecule has 0 unspecified atom stereocenters. The Bertz CT molecular complexity index is 2510. The highest BCUT2D eigenvalue weighted by atomic mass is 16.3. The van der Waals surface area contributed by atoms with E-state index in [1.807, 2.05) is 4.90 Å². The number of pyridine rings is 2. The fraction of sp³-hybridized carbons (Fsp3) is 0.641. The van der Waals surface area contributed by atoms with Crippen molar-refractivity contribution in [3.63, 3.8) is 0 Å². The zero-order valence-corrected chi connectivity index (χ0v) is 48.5. The highest BCUT2D eigenvalue weighted by molar-refractivity contribution is 5.82. The zero-order valence-electron chi connectivity index (χ0n) is 48.5. The summed E-state index contributed by atoms with van der Waals surface area (Å²) in [6, 6.07) is 26.5. The molecule has 8 rings (SSSR count). The van der Waals surface area contributed by atoms with Crippen LogP contribution in [-0.2, 0) is 26.5 Å². The van der Waals surface area contributed by atoms with E-state index in [-0.39, 0.29) is 72.5 Å². The number of hydrogen-bond donors (Lipinski definition) is 6. The maximum atomic E-state index is 13.1. The summed E-state index contributed by atoms with van der Waals surface area (Å²) in [6.45, 7) is 25.2. The van der Waals surface area contributed by atoms with Crippen molar-refractivity contribution in [2.45, 2.75) is 191 Å². The highest BCUT2D eigenvalue weighted by Gasteiger charge is 2.39. The number of piperidine rings is 2. The summed E-state index contributed by atoms with van der Waals surface area (Å²) >= 11 is 0. The predicted molar refractivity (Wildman–Crippen MR) is 316 cm³/mol. The molecule has 2 atom stereocenters. The number of carbonyl (C=O) groups is 1. The van der Waals surface area contributed by atoms with E-state index in [9.17, 15) is 25.2 Å². The van der Waals surface area contributed by atoms with Gasteiger partial charge in [0.15, 0.2) is 0 Å². The number of aliphatic hydroxyl groups is 4. The maximum absolute atomic E-state index is 13.1. The van der Waals surface area contributed by atoms with E-state index in [2.05, 4.69) is 143 Å². The first kappa shape index (κ1) is 60.2. The van der Waals surface area contributed by atoms with Gasteiger partial charge < -0.3 is 46.6 Å². The van der Waals surface area contributed by atoms with Crippen LogP contribution in [-0.4, -0.2) is 143 Å². The molecule has 4 aliphatic rings. The number of rotatable bonds is 21. The van der Waals surface area contributed by atoms with Gasteiger partial charge in [-0.1, -0.05) is 91.8 Å². The van der Waals surface area contributed by atoms with E-state index in [0.29, 0.717) is 25.4 Å². The van der Waals surface area contributed by atoms with Gasteiger partial charge in [-0.05, 0) is 177 Å². The van der Waals surface area contributed by atoms with Crippen molar-refractivity contribution in [3.8, 4) is 22.5 Å². The number of aliphatic hydroxyl groups excluding tert-OH is 4. The largest absolute Gasteiger partial charge is 0.396 e. The summed E-state index contributed by atoms with van der Waals surface area (Å²) in [6.07, 6.45) is 12.7. The number of nitrogens with zero attached hydrogens (tertiary/aromatic N) is 6. The summed E-state index contributed by atoms with van der Waals surface area (Å²) < 4.78 is 0. The third-order valence-corrected chi connectivity index (χ3v) is 18.0. The molecule has 8 N–H and O–H groups in total. The molecule has 0 spiro atoms. The molecule has 4 heterocycles. The molecule has 0 saturated carbocycles. The molecule has 2 aliphatic carbocycles. The Balaban J connectivity index is 0.000000224. The minimum absolute atomic E-state index is 0.0160. The number of benzene rings is 2. The summed E-state index contributed by atoms with van der Waals surface area (Å²) in [5.74, 6) is 1.93. The lowest BCUT2D eigenvalue weighted by molar-refractivity contribution is -0.136. The molecule has 13 nitrogen and oxygen atoms in total. The van der Waals surface area contributed by atoms with Crippen LogP contribution in [0.15, 0.2) is 72.8 Å². The molecular weight excluding hydrogens is 961 g/mol. The van der Waals surface area contributed by atoms with Crippen LogP contribution in [0.5, 0.6) is 0 Å². The normalized spacial score (nSPS) is 19.7. The second kappa shape index (κ2) is 26.7. The fourth-order valence-corrected chi connectivity index (χ4v) is 12.6. The van der Waals surface area contributed by atoms with Crippen molar-refractivity contribution in [1.29, 1.82) is 0 Å². The average molecular weight is 1060 g/mol. The van der Waals surface area contributed by atoms with Gasteiger partial charge in [0.1, 0.15) is 11.6 Å². The molecule has 2 aliphatic heterocycles. The molecular formula is C64H98N8O5. The number of amides is 1. The van der Waals surface area contributed by atoms with Crippen molar-refractivity contribution >= 4 is 17.5 Å². The van der Waals surface area contributed by atoms with Crippen LogP contribution < -0.4 is 21.3 Å². The first-order valence-corrected chi connectivity index (χ1v) is 29.5. The number of anilines is 2. The smallest absolute Gasteiger partial charge is 0.239 e. The summed E-state index contributed by atoms with van der Waals surface area (Å²) in [5, 5.41) is 37.0. The number of carbonyl (C=O) groups excluding carboxylic acids is 1. The van der Waals surface area contributed by atoms with Gasteiger partial charge in [-0.2, -0.15) is 0 Å². The van der Waals surface area contributed by atoms with E-state index >= 15 is 0 Å². The van der Waals surface area contributed by atoms with Crippen LogP contribution in [0.1, 0.15) is 168 Å². The quantitative estimate of drug-likeness (QED) is 0.0435. The molecule has 2 saturated heterocycles. The number of hydrogen-bond acceptors (Lipinski definition) is 12. The van der Waals surface area contributed by atoms with Crippen LogP contribution in [0.4, 0.5) is 11.6 Å². The van der Waals surface area contributed by atoms with Gasteiger partial charge in [0.05, 0.1) is 17.4 Å². The minimum atomic E-state index is -0.687. The van der Waals surface area contributed by atoms with Crippen LogP contribution >= 0.6 is 0 Å². The van der Waals surface area contributed by atoms with Crippen molar-refractivity contribution in [1.82, 2.24) is 19.8 Å². The van der Waals surface area contributed by atoms with Gasteiger partial charge in [-0.3, -0.25) is 9.69 Å². The Hall–Kier alpha value is -4.47. The van der Waals surface area contributed by atoms with Gasteiger partial charge >= 0.3 is 0 Å². The Morgan fingerprint density at radius 1 is 0.558 bits per heavy atom. The molecule has 77 heavy (non-hydrogen) atoms. The number of nitrogens with two attached hydrogens (primary N) is 2. The van der Waals surface area contributed by atoms with Crippen LogP contribution in [0.3, 0.4) is 0 Å². The van der Waals surface area contributed by atoms with E-state index in [1.54, 1.807) is 0 Å². The van der Waals surface area contributed by atoms with E-state index in [4.69, 9.17) is 21.4 Å². The van der Waals surface area contributed by atoms with E-state index in [1.165, 1.54) is 53.5 Å². The Kier molecular flexibility index (Phi) is 20.8. The van der Waals surface area contributed by atoms with Crippen molar-refractivity contribution in [2.24, 2.45) is 11.5 Å². The third kappa shape index (κ3) is 15.1. The average Bonchev–Trinajstić information content (AvgIpc) is 3.45. The monoisotopic (exact) mass is 1060 g/mol. The first-order chi connectivity index (χ1) is 36.7. The van der Waals surface area contributed by atoms with Crippen LogP contribution in [0.2, 0.25) is 0 Å². The Morgan fingerprint density at radius 3 is 1.43 bits per heavy atom. The molecule has 13 heteroatoms. The standard InChI is InChI=1S/C32H48N4O3.C32H50N4O2/c1-31(2)15-16-32(3,4)26-22-23(10-11-25(26)31)28-8-7-9-29(34-28)35-18-12-24(13-19-35)36(17-5-6-20-37)30(39)27(33)14-21-38;1-31(2)15-16-32(3,4)28-22-24(10-11-27(28)31)29-8-7-9-30(34-29)35-18-12-26(13-19-35)36(17-5-6-20-37)23-25(33)14-21-38/h7-11,22,24,27,37-38H,5-6,12-21,33H2,1-4H3;7-11,22,25-26,37-38H,5-6,12-21,23,33H2,1-4H3/t27-;25-/m00/s1. The lowest BCUT2D eigenvalue weighted by atomic mass is 9.63. The molecule has 0 radical (unpaired) electrons. The van der Waals surface area contributed by atoms with Gasteiger partial charge in [-0.15, -0.1) is 0 Å². The molecule has 2 aromatic heterocycles. The van der Waals surface area contributed by atoms with Gasteiger partial charge in [-0.25, -0.2) is 9.97 Å². The SMILES string of the molecule is CC1(C)CCC(C)(C)c2cc(-c3cccc(N4CCC(N(CCCCO)C(=O)[C@@H](N)CCO)CC4)n3)ccc21.CC1(C)CCC(C)(C)c2cc(-c3cccc(N4CCC(N(CCCCO)C[C@@H](N)CCO)CC4)n3)ccc21. The number of unbranched alkanes of at least 4 members (excludes halogenated alkanes) is 2. The summed E-state index contributed by atoms with van der Waals surface area (Å²) in [7, 11) is 0. The molecule has 424 valence electrons. The number of aromatic nitrogens is 2. The number of fused-ring (bicyclic) bond motifs is 2. The van der Waals surface area contributed by atoms with Crippen molar-refractivity contribution in [3.05, 3.63) is 95.1 Å². The highest BCUT2D eigenvalue weighted by Crippen LogP contribution is 2.48. The van der Waals surface area contributed by atoms with Crippen molar-refractivity contribution in [2.75, 3.05) is 82.0 Å². The minimum Gasteiger partial charge on any atom is -0.396 e. The van der Waals surface area contributed by atoms with Crippen LogP contribution in [0, 0.1) is 0 Å². The predicted octanol–water partition coefficient (Wildman–Crippen LogP) is 9.23. The molecule has 1 amide bonds. The lowest BCUT2D eigenvalue weighted by Crippen LogP contribution is -2.53. The van der Waals surface area contributed by atoms with Gasteiger partial charge in [0.2, 0.25) is 5.91 Å². The third-order valence-electron chi connectivity index (χ3n) is 18.0. The second-order valence-corrected chi connectivity index (χ2v) is 25.5. The van der Waals surface area contributed by atoms with Crippen LogP contribution in [0.25, 0.3) is 22.5 Å². The fourth-order valence-electron chi connectivity index (χ4n) is 12.6. The Morgan fingerprint density at radius 2 is 0.987 bits per heavy atom. The van der Waals surface area contributed by atoms with Gasteiger partial charge in [0.25, 0.3) is 0 Å². The maximum Gasteiger partial charge on any atom is 0.239 e.